The number of halogens is 2. The van der Waals surface area contributed by atoms with Crippen LogP contribution in [0.25, 0.3) is 0 Å². The van der Waals surface area contributed by atoms with Crippen LogP contribution in [0.1, 0.15) is 28.4 Å². The Kier molecular flexibility index (Phi) is 4.60. The van der Waals surface area contributed by atoms with Crippen molar-refractivity contribution in [2.24, 2.45) is 0 Å². The van der Waals surface area contributed by atoms with Crippen molar-refractivity contribution in [3.05, 3.63) is 28.8 Å². The van der Waals surface area contributed by atoms with Gasteiger partial charge in [-0.15, -0.1) is 0 Å². The molecule has 0 N–H and O–H groups in total. The monoisotopic (exact) mass is 255 g/mol. The molecule has 0 atom stereocenters. The molecule has 1 aromatic carbocycles. The van der Waals surface area contributed by atoms with Crippen molar-refractivity contribution in [2.75, 3.05) is 6.61 Å². The van der Waals surface area contributed by atoms with Crippen molar-refractivity contribution in [3.63, 3.8) is 0 Å². The molecule has 0 bridgehead atoms. The van der Waals surface area contributed by atoms with Gasteiger partial charge in [0.2, 0.25) is 0 Å². The number of hydrogen-bond acceptors (Lipinski definition) is 4. The van der Waals surface area contributed by atoms with Gasteiger partial charge in [0.1, 0.15) is 11.8 Å². The van der Waals surface area contributed by atoms with Gasteiger partial charge in [-0.05, 0) is 26.0 Å². The van der Waals surface area contributed by atoms with Crippen molar-refractivity contribution >= 4 is 5.97 Å². The maximum Gasteiger partial charge on any atom is 0.387 e. The predicted molar refractivity (Wildman–Crippen MR) is 58.5 cm³/mol. The minimum absolute atomic E-state index is 0.0217. The molecule has 0 unspecified atom stereocenters. The molecule has 0 aliphatic heterocycles. The summed E-state index contributed by atoms with van der Waals surface area (Å²) in [6.45, 7) is 0.242. The van der Waals surface area contributed by atoms with E-state index in [1.165, 1.54) is 19.1 Å². The number of rotatable bonds is 4. The van der Waals surface area contributed by atoms with Gasteiger partial charge in [-0.25, -0.2) is 4.79 Å². The Morgan fingerprint density at radius 2 is 2.17 bits per heavy atom. The first-order valence-corrected chi connectivity index (χ1v) is 5.16. The molecule has 96 valence electrons. The van der Waals surface area contributed by atoms with E-state index >= 15 is 0 Å². The minimum Gasteiger partial charge on any atom is -0.462 e. The van der Waals surface area contributed by atoms with Crippen LogP contribution >= 0.6 is 0 Å². The van der Waals surface area contributed by atoms with Gasteiger partial charge in [-0.1, -0.05) is 0 Å². The van der Waals surface area contributed by atoms with Crippen molar-refractivity contribution in [1.29, 1.82) is 5.26 Å². The quantitative estimate of drug-likeness (QED) is 0.776. The van der Waals surface area contributed by atoms with Crippen LogP contribution in [0.4, 0.5) is 8.78 Å². The van der Waals surface area contributed by atoms with Gasteiger partial charge < -0.3 is 9.47 Å². The van der Waals surface area contributed by atoms with Crippen LogP contribution in [-0.2, 0) is 4.74 Å². The molecular formula is C12H11F2NO3. The summed E-state index contributed by atoms with van der Waals surface area (Å²) in [4.78, 5) is 11.5. The first kappa shape index (κ1) is 13.9. The Morgan fingerprint density at radius 3 is 2.67 bits per heavy atom. The van der Waals surface area contributed by atoms with Gasteiger partial charge in [0.05, 0.1) is 17.7 Å². The highest BCUT2D eigenvalue weighted by molar-refractivity contribution is 5.93. The zero-order valence-corrected chi connectivity index (χ0v) is 9.87. The normalized spacial score (nSPS) is 10.0. The van der Waals surface area contributed by atoms with E-state index in [4.69, 9.17) is 10.00 Å². The highest BCUT2D eigenvalue weighted by Gasteiger charge is 2.18. The van der Waals surface area contributed by atoms with E-state index in [0.717, 1.165) is 0 Å². The molecule has 0 radical (unpaired) electrons. The molecule has 1 rings (SSSR count). The van der Waals surface area contributed by atoms with Gasteiger partial charge in [-0.3, -0.25) is 0 Å². The number of benzene rings is 1. The fraction of sp³-hybridized carbons (Fsp3) is 0.333. The Bertz CT molecular complexity index is 495. The first-order valence-electron chi connectivity index (χ1n) is 5.16. The van der Waals surface area contributed by atoms with Crippen LogP contribution in [-0.4, -0.2) is 19.2 Å². The largest absolute Gasteiger partial charge is 0.462 e. The summed E-state index contributed by atoms with van der Waals surface area (Å²) in [5.41, 5.74) is 0.202. The number of carbonyl (C=O) groups is 1. The molecule has 4 nitrogen and oxygen atoms in total. The lowest BCUT2D eigenvalue weighted by molar-refractivity contribution is -0.0503. The minimum atomic E-state index is -2.98. The summed E-state index contributed by atoms with van der Waals surface area (Å²) in [5, 5.41) is 8.97. The third kappa shape index (κ3) is 2.94. The lowest BCUT2D eigenvalue weighted by Gasteiger charge is -2.11. The van der Waals surface area contributed by atoms with Crippen molar-refractivity contribution in [3.8, 4) is 11.8 Å². The molecule has 0 heterocycles. The van der Waals surface area contributed by atoms with E-state index in [0.29, 0.717) is 0 Å². The standard InChI is InChI=1S/C12H11F2NO3/c1-3-17-11(16)8-4-5-10(18-12(13)14)7(2)9(8)6-15/h4-5,12H,3H2,1-2H3. The van der Waals surface area contributed by atoms with E-state index < -0.39 is 12.6 Å². The molecule has 0 amide bonds. The smallest absolute Gasteiger partial charge is 0.387 e. The number of carbonyl (C=O) groups excluding carboxylic acids is 1. The van der Waals surface area contributed by atoms with Crippen LogP contribution in [0.3, 0.4) is 0 Å². The molecular weight excluding hydrogens is 244 g/mol. The molecule has 1 aromatic rings. The molecule has 0 fully saturated rings. The van der Waals surface area contributed by atoms with Crippen LogP contribution in [0, 0.1) is 18.3 Å². The topological polar surface area (TPSA) is 59.3 Å². The number of nitriles is 1. The summed E-state index contributed by atoms with van der Waals surface area (Å²) in [6, 6.07) is 4.25. The summed E-state index contributed by atoms with van der Waals surface area (Å²) in [5.74, 6) is -0.796. The van der Waals surface area contributed by atoms with Crippen molar-refractivity contribution < 1.29 is 23.0 Å². The number of hydrogen-bond donors (Lipinski definition) is 0. The van der Waals surface area contributed by atoms with E-state index in [9.17, 15) is 13.6 Å². The Morgan fingerprint density at radius 1 is 1.50 bits per heavy atom. The Balaban J connectivity index is 3.21. The first-order chi connectivity index (χ1) is 8.51. The van der Waals surface area contributed by atoms with Crippen LogP contribution in [0.15, 0.2) is 12.1 Å². The fourth-order valence-corrected chi connectivity index (χ4v) is 1.44. The molecule has 0 aliphatic rings. The maximum absolute atomic E-state index is 12.1. The highest BCUT2D eigenvalue weighted by atomic mass is 19.3. The van der Waals surface area contributed by atoms with Crippen LogP contribution in [0.5, 0.6) is 5.75 Å². The highest BCUT2D eigenvalue weighted by Crippen LogP contribution is 2.26. The van der Waals surface area contributed by atoms with Gasteiger partial charge in [0, 0.05) is 5.56 Å². The summed E-state index contributed by atoms with van der Waals surface area (Å²) >= 11 is 0. The van der Waals surface area contributed by atoms with Crippen LogP contribution in [0.2, 0.25) is 0 Å². The van der Waals surface area contributed by atoms with E-state index in [1.807, 2.05) is 0 Å². The molecule has 0 saturated carbocycles. The molecule has 0 aromatic heterocycles. The maximum atomic E-state index is 12.1. The van der Waals surface area contributed by atoms with Crippen molar-refractivity contribution in [2.45, 2.75) is 20.5 Å². The third-order valence-corrected chi connectivity index (χ3v) is 2.24. The summed E-state index contributed by atoms with van der Waals surface area (Å²) in [6.07, 6.45) is 0. The summed E-state index contributed by atoms with van der Waals surface area (Å²) < 4.78 is 33.3. The Labute approximate surface area is 103 Å². The molecule has 0 spiro atoms. The number of esters is 1. The Hall–Kier alpha value is -2.16. The van der Waals surface area contributed by atoms with Gasteiger partial charge in [0.25, 0.3) is 0 Å². The van der Waals surface area contributed by atoms with E-state index in [-0.39, 0.29) is 29.0 Å². The second-order valence-electron chi connectivity index (χ2n) is 3.32. The third-order valence-electron chi connectivity index (χ3n) is 2.24. The number of nitrogens with zero attached hydrogens (tertiary/aromatic N) is 1. The van der Waals surface area contributed by atoms with Gasteiger partial charge >= 0.3 is 12.6 Å². The van der Waals surface area contributed by atoms with Gasteiger partial charge in [0.15, 0.2) is 0 Å². The van der Waals surface area contributed by atoms with E-state index in [2.05, 4.69) is 4.74 Å². The second kappa shape index (κ2) is 5.96. The molecule has 0 saturated heterocycles. The van der Waals surface area contributed by atoms with Crippen LogP contribution < -0.4 is 4.74 Å². The molecule has 0 aliphatic carbocycles. The molecule has 18 heavy (non-hydrogen) atoms. The lowest BCUT2D eigenvalue weighted by Crippen LogP contribution is -2.10. The molecule has 6 heteroatoms. The SMILES string of the molecule is CCOC(=O)c1ccc(OC(F)F)c(C)c1C#N. The lowest BCUT2D eigenvalue weighted by atomic mass is 10.0. The van der Waals surface area contributed by atoms with E-state index in [1.54, 1.807) is 13.0 Å². The predicted octanol–water partition coefficient (Wildman–Crippen LogP) is 2.64. The second-order valence-corrected chi connectivity index (χ2v) is 3.32. The van der Waals surface area contributed by atoms with Crippen molar-refractivity contribution in [1.82, 2.24) is 0 Å². The zero-order chi connectivity index (χ0) is 13.7. The number of alkyl halides is 2. The number of ether oxygens (including phenoxy) is 2. The van der Waals surface area contributed by atoms with Gasteiger partial charge in [-0.2, -0.15) is 14.0 Å². The zero-order valence-electron chi connectivity index (χ0n) is 9.87. The average molecular weight is 255 g/mol. The average Bonchev–Trinajstić information content (AvgIpc) is 2.31. The summed E-state index contributed by atoms with van der Waals surface area (Å²) in [7, 11) is 0. The fourth-order valence-electron chi connectivity index (χ4n) is 1.44.